The van der Waals surface area contributed by atoms with E-state index in [9.17, 15) is 5.11 Å². The molecule has 1 aliphatic rings. The molecular weight excluding hydrogens is 340 g/mol. The van der Waals surface area contributed by atoms with Crippen molar-refractivity contribution in [3.8, 4) is 11.4 Å². The van der Waals surface area contributed by atoms with Gasteiger partial charge in [0.25, 0.3) is 0 Å². The average molecular weight is 358 g/mol. The predicted molar refractivity (Wildman–Crippen MR) is 102 cm³/mol. The molecule has 4 aromatic rings. The van der Waals surface area contributed by atoms with E-state index < -0.39 is 6.10 Å². The van der Waals surface area contributed by atoms with Crippen LogP contribution in [0.2, 0.25) is 0 Å². The van der Waals surface area contributed by atoms with Gasteiger partial charge in [0.15, 0.2) is 11.5 Å². The van der Waals surface area contributed by atoms with Crippen molar-refractivity contribution in [2.75, 3.05) is 5.32 Å². The van der Waals surface area contributed by atoms with Crippen LogP contribution in [0, 0.1) is 0 Å². The fourth-order valence-electron chi connectivity index (χ4n) is 3.66. The molecule has 2 atom stereocenters. The molecule has 0 saturated carbocycles. The molecule has 0 radical (unpaired) electrons. The van der Waals surface area contributed by atoms with Crippen LogP contribution < -0.4 is 5.32 Å². The lowest BCUT2D eigenvalue weighted by Crippen LogP contribution is -2.22. The Balaban J connectivity index is 1.63. The molecular formula is C20H18N6O. The maximum Gasteiger partial charge on any atom is 0.164 e. The third-order valence-electron chi connectivity index (χ3n) is 5.03. The Kier molecular flexibility index (Phi) is 3.61. The minimum Gasteiger partial charge on any atom is -0.390 e. The quantitative estimate of drug-likeness (QED) is 0.585. The average Bonchev–Trinajstić information content (AvgIpc) is 3.23. The summed E-state index contributed by atoms with van der Waals surface area (Å²) >= 11 is 0. The van der Waals surface area contributed by atoms with E-state index in [0.717, 1.165) is 27.7 Å². The zero-order chi connectivity index (χ0) is 18.4. The van der Waals surface area contributed by atoms with Crippen molar-refractivity contribution in [1.29, 1.82) is 0 Å². The number of aliphatic hydroxyl groups is 1. The van der Waals surface area contributed by atoms with Gasteiger partial charge in [-0.25, -0.2) is 9.97 Å². The smallest absolute Gasteiger partial charge is 0.164 e. The van der Waals surface area contributed by atoms with Gasteiger partial charge in [0, 0.05) is 31.4 Å². The molecule has 3 heterocycles. The monoisotopic (exact) mass is 358 g/mol. The van der Waals surface area contributed by atoms with E-state index in [1.807, 2.05) is 31.3 Å². The molecule has 2 N–H and O–H groups in total. The number of nitrogens with zero attached hydrogens (tertiary/aromatic N) is 5. The summed E-state index contributed by atoms with van der Waals surface area (Å²) in [4.78, 5) is 13.5. The van der Waals surface area contributed by atoms with Crippen molar-refractivity contribution in [2.24, 2.45) is 7.05 Å². The zero-order valence-corrected chi connectivity index (χ0v) is 14.7. The van der Waals surface area contributed by atoms with E-state index >= 15 is 0 Å². The SMILES string of the molecule is Cn1ncc2c(N[C@@H]3c4ccccc4C[C@@H]3O)nc(-c3ccncc3)nc21. The summed E-state index contributed by atoms with van der Waals surface area (Å²) in [6, 6.07) is 11.6. The number of anilines is 1. The van der Waals surface area contributed by atoms with E-state index in [-0.39, 0.29) is 6.04 Å². The van der Waals surface area contributed by atoms with Gasteiger partial charge in [-0.3, -0.25) is 9.67 Å². The molecule has 5 rings (SSSR count). The molecule has 7 heteroatoms. The highest BCUT2D eigenvalue weighted by Crippen LogP contribution is 2.35. The Labute approximate surface area is 155 Å². The summed E-state index contributed by atoms with van der Waals surface area (Å²) in [5.74, 6) is 1.26. The van der Waals surface area contributed by atoms with Crippen molar-refractivity contribution in [2.45, 2.75) is 18.6 Å². The number of aliphatic hydroxyl groups excluding tert-OH is 1. The Bertz CT molecular complexity index is 1120. The maximum atomic E-state index is 10.6. The van der Waals surface area contributed by atoms with Crippen LogP contribution in [0.1, 0.15) is 17.2 Å². The van der Waals surface area contributed by atoms with Crippen LogP contribution >= 0.6 is 0 Å². The number of hydrogen-bond acceptors (Lipinski definition) is 6. The summed E-state index contributed by atoms with van der Waals surface area (Å²) in [5, 5.41) is 19.2. The topological polar surface area (TPSA) is 88.8 Å². The molecule has 0 aliphatic heterocycles. The highest BCUT2D eigenvalue weighted by molar-refractivity contribution is 5.88. The van der Waals surface area contributed by atoms with E-state index in [2.05, 4.69) is 32.5 Å². The van der Waals surface area contributed by atoms with Gasteiger partial charge in [0.05, 0.1) is 23.7 Å². The third kappa shape index (κ3) is 2.63. The van der Waals surface area contributed by atoms with Crippen LogP contribution in [0.3, 0.4) is 0 Å². The number of aryl methyl sites for hydroxylation is 1. The first-order chi connectivity index (χ1) is 13.2. The number of fused-ring (bicyclic) bond motifs is 2. The van der Waals surface area contributed by atoms with Gasteiger partial charge in [-0.15, -0.1) is 0 Å². The minimum absolute atomic E-state index is 0.218. The lowest BCUT2D eigenvalue weighted by molar-refractivity contribution is 0.165. The second-order valence-corrected chi connectivity index (χ2v) is 6.73. The Morgan fingerprint density at radius 3 is 2.78 bits per heavy atom. The molecule has 0 spiro atoms. The fraction of sp³-hybridized carbons (Fsp3) is 0.200. The molecule has 1 aliphatic carbocycles. The number of aromatic nitrogens is 5. The fourth-order valence-corrected chi connectivity index (χ4v) is 3.66. The van der Waals surface area contributed by atoms with Crippen LogP contribution in [-0.2, 0) is 13.5 Å². The van der Waals surface area contributed by atoms with Crippen LogP contribution in [0.5, 0.6) is 0 Å². The summed E-state index contributed by atoms with van der Waals surface area (Å²) < 4.78 is 1.73. The molecule has 0 bridgehead atoms. The second kappa shape index (κ2) is 6.14. The first-order valence-electron chi connectivity index (χ1n) is 8.83. The van der Waals surface area contributed by atoms with Crippen LogP contribution in [0.25, 0.3) is 22.4 Å². The molecule has 0 unspecified atom stereocenters. The normalized spacial score (nSPS) is 18.6. The molecule has 27 heavy (non-hydrogen) atoms. The van der Waals surface area contributed by atoms with Gasteiger partial charge in [-0.2, -0.15) is 5.10 Å². The van der Waals surface area contributed by atoms with E-state index in [0.29, 0.717) is 18.1 Å². The van der Waals surface area contributed by atoms with Crippen molar-refractivity contribution >= 4 is 16.9 Å². The predicted octanol–water partition coefficient (Wildman–Crippen LogP) is 2.50. The number of hydrogen-bond donors (Lipinski definition) is 2. The number of rotatable bonds is 3. The first kappa shape index (κ1) is 15.9. The molecule has 0 saturated heterocycles. The Hall–Kier alpha value is -3.32. The highest BCUT2D eigenvalue weighted by atomic mass is 16.3. The zero-order valence-electron chi connectivity index (χ0n) is 14.7. The summed E-state index contributed by atoms with van der Waals surface area (Å²) in [6.45, 7) is 0. The van der Waals surface area contributed by atoms with Crippen LogP contribution in [0.4, 0.5) is 5.82 Å². The van der Waals surface area contributed by atoms with Crippen LogP contribution in [0.15, 0.2) is 55.0 Å². The van der Waals surface area contributed by atoms with Gasteiger partial charge >= 0.3 is 0 Å². The summed E-state index contributed by atoms with van der Waals surface area (Å²) in [6.07, 6.45) is 5.31. The van der Waals surface area contributed by atoms with Crippen molar-refractivity contribution in [1.82, 2.24) is 24.7 Å². The Morgan fingerprint density at radius 2 is 1.93 bits per heavy atom. The number of benzene rings is 1. The van der Waals surface area contributed by atoms with Crippen LogP contribution in [-0.4, -0.2) is 35.9 Å². The van der Waals surface area contributed by atoms with Gasteiger partial charge in [0.2, 0.25) is 0 Å². The largest absolute Gasteiger partial charge is 0.390 e. The van der Waals surface area contributed by atoms with Gasteiger partial charge in [0.1, 0.15) is 5.82 Å². The van der Waals surface area contributed by atoms with Gasteiger partial charge in [-0.05, 0) is 23.3 Å². The lowest BCUT2D eigenvalue weighted by atomic mass is 10.1. The standard InChI is InChI=1S/C20H18N6O/c1-26-20-15(11-22-26)19(24-18(25-20)12-6-8-21-9-7-12)23-17-14-5-3-2-4-13(14)10-16(17)27/h2-9,11,16-17,27H,10H2,1H3,(H,23,24,25)/t16-,17+/m0/s1. The van der Waals surface area contributed by atoms with Gasteiger partial charge < -0.3 is 10.4 Å². The van der Waals surface area contributed by atoms with Crippen molar-refractivity contribution in [3.63, 3.8) is 0 Å². The third-order valence-corrected chi connectivity index (χ3v) is 5.03. The molecule has 134 valence electrons. The number of nitrogens with one attached hydrogen (secondary N) is 1. The highest BCUT2D eigenvalue weighted by Gasteiger charge is 2.31. The van der Waals surface area contributed by atoms with Gasteiger partial charge in [-0.1, -0.05) is 24.3 Å². The molecule has 0 amide bonds. The molecule has 3 aromatic heterocycles. The van der Waals surface area contributed by atoms with Crippen molar-refractivity contribution in [3.05, 3.63) is 66.1 Å². The molecule has 7 nitrogen and oxygen atoms in total. The molecule has 1 aromatic carbocycles. The molecule has 0 fully saturated rings. The van der Waals surface area contributed by atoms with E-state index in [1.165, 1.54) is 0 Å². The summed E-state index contributed by atoms with van der Waals surface area (Å²) in [7, 11) is 1.86. The Morgan fingerprint density at radius 1 is 1.11 bits per heavy atom. The second-order valence-electron chi connectivity index (χ2n) is 6.73. The summed E-state index contributed by atoms with van der Waals surface area (Å²) in [5.41, 5.74) is 3.88. The lowest BCUT2D eigenvalue weighted by Gasteiger charge is -2.19. The minimum atomic E-state index is -0.506. The van der Waals surface area contributed by atoms with E-state index in [4.69, 9.17) is 4.98 Å². The first-order valence-corrected chi connectivity index (χ1v) is 8.83. The van der Waals surface area contributed by atoms with E-state index in [1.54, 1.807) is 23.3 Å². The number of pyridine rings is 1. The van der Waals surface area contributed by atoms with Crippen molar-refractivity contribution < 1.29 is 5.11 Å². The maximum absolute atomic E-state index is 10.6.